The topological polar surface area (TPSA) is 78.6 Å². The molecule has 2 heterocycles. The summed E-state index contributed by atoms with van der Waals surface area (Å²) in [4.78, 5) is 19.5. The maximum absolute atomic E-state index is 12.3. The quantitative estimate of drug-likeness (QED) is 0.869. The van der Waals surface area contributed by atoms with Gasteiger partial charge in [0.1, 0.15) is 6.26 Å². The first-order valence-electron chi connectivity index (χ1n) is 8.27. The van der Waals surface area contributed by atoms with E-state index in [0.29, 0.717) is 24.0 Å². The zero-order valence-corrected chi connectivity index (χ0v) is 14.6. The van der Waals surface area contributed by atoms with Crippen molar-refractivity contribution in [2.75, 3.05) is 13.7 Å². The Morgan fingerprint density at radius 2 is 2.25 bits per heavy atom. The zero-order valence-electron chi connectivity index (χ0n) is 13.8. The van der Waals surface area contributed by atoms with Gasteiger partial charge in [0.25, 0.3) is 0 Å². The second kappa shape index (κ2) is 7.81. The van der Waals surface area contributed by atoms with E-state index < -0.39 is 0 Å². The third kappa shape index (κ3) is 3.96. The Hall–Kier alpha value is -1.86. The van der Waals surface area contributed by atoms with Crippen molar-refractivity contribution in [1.29, 1.82) is 0 Å². The number of urea groups is 1. The van der Waals surface area contributed by atoms with Crippen LogP contribution in [0.2, 0.25) is 0 Å². The van der Waals surface area contributed by atoms with E-state index in [-0.39, 0.29) is 18.7 Å². The number of carbonyl (C=O) groups is 1. The molecule has 6 nitrogen and oxygen atoms in total. The van der Waals surface area contributed by atoms with Crippen LogP contribution in [0.25, 0.3) is 10.8 Å². The molecule has 2 aromatic rings. The van der Waals surface area contributed by atoms with E-state index in [4.69, 9.17) is 4.42 Å². The number of nitrogens with zero attached hydrogens (tertiary/aromatic N) is 2. The maximum Gasteiger partial charge on any atom is 0.317 e. The number of hydrogen-bond donors (Lipinski definition) is 2. The van der Waals surface area contributed by atoms with Gasteiger partial charge in [0.15, 0.2) is 0 Å². The van der Waals surface area contributed by atoms with E-state index in [0.717, 1.165) is 30.6 Å². The zero-order chi connectivity index (χ0) is 16.9. The predicted octanol–water partition coefficient (Wildman–Crippen LogP) is 3.10. The van der Waals surface area contributed by atoms with Crippen molar-refractivity contribution in [1.82, 2.24) is 15.2 Å². The molecule has 1 fully saturated rings. The molecule has 3 rings (SSSR count). The van der Waals surface area contributed by atoms with Gasteiger partial charge in [-0.05, 0) is 43.0 Å². The summed E-state index contributed by atoms with van der Waals surface area (Å²) in [6, 6.07) is 4.05. The standard InChI is InChI=1S/C17H23N3O3S/c1-20(14-6-4-12(10-21)5-7-14)17(22)18-9-13-11-23-16(19-13)15-3-2-8-24-15/h2-3,8,11-12,14,21H,4-7,9-10H2,1H3,(H,18,22). The molecule has 0 aliphatic heterocycles. The number of rotatable bonds is 5. The lowest BCUT2D eigenvalue weighted by molar-refractivity contribution is 0.134. The molecule has 1 aliphatic rings. The SMILES string of the molecule is CN(C(=O)NCc1coc(-c2cccs2)n1)C1CCC(CO)CC1. The smallest absolute Gasteiger partial charge is 0.317 e. The van der Waals surface area contributed by atoms with E-state index >= 15 is 0 Å². The fraction of sp³-hybridized carbons (Fsp3) is 0.529. The van der Waals surface area contributed by atoms with Gasteiger partial charge in [0.2, 0.25) is 5.89 Å². The minimum absolute atomic E-state index is 0.0943. The average Bonchev–Trinajstić information content (AvgIpc) is 3.30. The Morgan fingerprint density at radius 1 is 1.46 bits per heavy atom. The number of aromatic nitrogens is 1. The fourth-order valence-electron chi connectivity index (χ4n) is 3.07. The normalized spacial score (nSPS) is 20.8. The van der Waals surface area contributed by atoms with Crippen LogP contribution in [-0.4, -0.2) is 40.7 Å². The summed E-state index contributed by atoms with van der Waals surface area (Å²) in [5.74, 6) is 0.980. The van der Waals surface area contributed by atoms with Crippen molar-refractivity contribution in [2.24, 2.45) is 5.92 Å². The van der Waals surface area contributed by atoms with Crippen LogP contribution in [-0.2, 0) is 6.54 Å². The molecule has 1 saturated carbocycles. The van der Waals surface area contributed by atoms with Gasteiger partial charge in [-0.25, -0.2) is 9.78 Å². The molecule has 0 unspecified atom stereocenters. The minimum Gasteiger partial charge on any atom is -0.443 e. The molecule has 0 saturated heterocycles. The molecule has 2 aromatic heterocycles. The largest absolute Gasteiger partial charge is 0.443 e. The van der Waals surface area contributed by atoms with Crippen LogP contribution >= 0.6 is 11.3 Å². The lowest BCUT2D eigenvalue weighted by Gasteiger charge is -2.34. The molecule has 130 valence electrons. The van der Waals surface area contributed by atoms with Crippen molar-refractivity contribution >= 4 is 17.4 Å². The van der Waals surface area contributed by atoms with Crippen molar-refractivity contribution in [3.05, 3.63) is 29.5 Å². The van der Waals surface area contributed by atoms with Crippen molar-refractivity contribution < 1.29 is 14.3 Å². The van der Waals surface area contributed by atoms with E-state index in [2.05, 4.69) is 10.3 Å². The molecule has 0 atom stereocenters. The summed E-state index contributed by atoms with van der Waals surface area (Å²) < 4.78 is 5.45. The molecule has 2 N–H and O–H groups in total. The first-order chi connectivity index (χ1) is 11.7. The van der Waals surface area contributed by atoms with E-state index in [1.54, 1.807) is 22.5 Å². The number of nitrogens with one attached hydrogen (secondary N) is 1. The van der Waals surface area contributed by atoms with Crippen molar-refractivity contribution in [3.63, 3.8) is 0 Å². The molecule has 7 heteroatoms. The van der Waals surface area contributed by atoms with Crippen LogP contribution in [0.15, 0.2) is 28.2 Å². The van der Waals surface area contributed by atoms with Gasteiger partial charge in [-0.15, -0.1) is 11.3 Å². The predicted molar refractivity (Wildman–Crippen MR) is 92.6 cm³/mol. The molecule has 24 heavy (non-hydrogen) atoms. The summed E-state index contributed by atoms with van der Waals surface area (Å²) in [7, 11) is 1.83. The van der Waals surface area contributed by atoms with Crippen molar-refractivity contribution in [3.8, 4) is 10.8 Å². The highest BCUT2D eigenvalue weighted by atomic mass is 32.1. The van der Waals surface area contributed by atoms with Crippen LogP contribution in [0.1, 0.15) is 31.4 Å². The van der Waals surface area contributed by atoms with Crippen LogP contribution in [0.5, 0.6) is 0 Å². The van der Waals surface area contributed by atoms with Crippen LogP contribution in [0.4, 0.5) is 4.79 Å². The van der Waals surface area contributed by atoms with Crippen LogP contribution in [0.3, 0.4) is 0 Å². The first kappa shape index (κ1) is 17.0. The monoisotopic (exact) mass is 349 g/mol. The third-order valence-electron chi connectivity index (χ3n) is 4.65. The van der Waals surface area contributed by atoms with Gasteiger partial charge in [-0.2, -0.15) is 0 Å². The number of carbonyl (C=O) groups excluding carboxylic acids is 1. The van der Waals surface area contributed by atoms with E-state index in [1.165, 1.54) is 0 Å². The molecule has 0 spiro atoms. The van der Waals surface area contributed by atoms with Crippen LogP contribution in [0, 0.1) is 5.92 Å². The number of oxazole rings is 1. The Morgan fingerprint density at radius 3 is 2.92 bits per heavy atom. The number of aliphatic hydroxyl groups excluding tert-OH is 1. The highest BCUT2D eigenvalue weighted by Gasteiger charge is 2.26. The van der Waals surface area contributed by atoms with Gasteiger partial charge in [0, 0.05) is 19.7 Å². The van der Waals surface area contributed by atoms with E-state index in [9.17, 15) is 9.90 Å². The fourth-order valence-corrected chi connectivity index (χ4v) is 3.73. The number of aliphatic hydroxyl groups is 1. The highest BCUT2D eigenvalue weighted by Crippen LogP contribution is 2.27. The van der Waals surface area contributed by atoms with Crippen LogP contribution < -0.4 is 5.32 Å². The van der Waals surface area contributed by atoms with Gasteiger partial charge in [-0.1, -0.05) is 6.07 Å². The number of amides is 2. The summed E-state index contributed by atoms with van der Waals surface area (Å²) in [5, 5.41) is 14.1. The Balaban J connectivity index is 1.48. The molecule has 0 aromatic carbocycles. The molecule has 0 bridgehead atoms. The van der Waals surface area contributed by atoms with Gasteiger partial charge in [0.05, 0.1) is 17.1 Å². The summed E-state index contributed by atoms with van der Waals surface area (Å²) >= 11 is 1.57. The first-order valence-corrected chi connectivity index (χ1v) is 9.15. The van der Waals surface area contributed by atoms with Gasteiger partial charge in [-0.3, -0.25) is 0 Å². The third-order valence-corrected chi connectivity index (χ3v) is 5.50. The number of hydrogen-bond acceptors (Lipinski definition) is 5. The molecular formula is C17H23N3O3S. The lowest BCUT2D eigenvalue weighted by Crippen LogP contribution is -2.45. The summed E-state index contributed by atoms with van der Waals surface area (Å²) in [6.07, 6.45) is 5.43. The van der Waals surface area contributed by atoms with Gasteiger partial charge >= 0.3 is 6.03 Å². The molecule has 1 aliphatic carbocycles. The Kier molecular flexibility index (Phi) is 5.52. The Bertz CT molecular complexity index is 648. The van der Waals surface area contributed by atoms with E-state index in [1.807, 2.05) is 24.6 Å². The number of thiophene rings is 1. The second-order valence-electron chi connectivity index (χ2n) is 6.25. The summed E-state index contributed by atoms with van der Waals surface area (Å²) in [5.41, 5.74) is 0.712. The molecule has 0 radical (unpaired) electrons. The molecular weight excluding hydrogens is 326 g/mol. The highest BCUT2D eigenvalue weighted by molar-refractivity contribution is 7.13. The second-order valence-corrected chi connectivity index (χ2v) is 7.20. The average molecular weight is 349 g/mol. The van der Waals surface area contributed by atoms with Crippen molar-refractivity contribution in [2.45, 2.75) is 38.3 Å². The molecule has 2 amide bonds. The minimum atomic E-state index is -0.0943. The summed E-state index contributed by atoms with van der Waals surface area (Å²) in [6.45, 7) is 0.603. The maximum atomic E-state index is 12.3. The van der Waals surface area contributed by atoms with Gasteiger partial charge < -0.3 is 19.7 Å². The Labute approximate surface area is 145 Å². The lowest BCUT2D eigenvalue weighted by atomic mass is 9.86.